The van der Waals surface area contributed by atoms with Crippen LogP contribution in [0.3, 0.4) is 0 Å². The molecule has 27 heavy (non-hydrogen) atoms. The van der Waals surface area contributed by atoms with E-state index in [1.54, 1.807) is 24.3 Å². The minimum Gasteiger partial charge on any atom is -0.326 e. The smallest absolute Gasteiger partial charge is 0.266 e. The lowest BCUT2D eigenvalue weighted by Crippen LogP contribution is -2.23. The molecule has 0 aliphatic heterocycles. The monoisotopic (exact) mass is 369 g/mol. The Morgan fingerprint density at radius 3 is 2.52 bits per heavy atom. The first kappa shape index (κ1) is 18.4. The van der Waals surface area contributed by atoms with Gasteiger partial charge in [-0.3, -0.25) is 9.59 Å². The molecule has 1 amide bonds. The van der Waals surface area contributed by atoms with Crippen LogP contribution in [0.2, 0.25) is 0 Å². The summed E-state index contributed by atoms with van der Waals surface area (Å²) in [5.41, 5.74) is 1.33. The lowest BCUT2D eigenvalue weighted by Gasteiger charge is -2.08. The molecule has 1 aromatic heterocycles. The SMILES string of the molecule is O=C(CCCn1nc(-c2ccc(F)cc2)ccc1=O)Nc1cccc(F)c1. The van der Waals surface area contributed by atoms with Crippen molar-refractivity contribution >= 4 is 11.6 Å². The van der Waals surface area contributed by atoms with E-state index >= 15 is 0 Å². The van der Waals surface area contributed by atoms with Crippen LogP contribution in [0.4, 0.5) is 14.5 Å². The van der Waals surface area contributed by atoms with E-state index < -0.39 is 5.82 Å². The summed E-state index contributed by atoms with van der Waals surface area (Å²) in [6.07, 6.45) is 0.548. The molecular formula is C20H17F2N3O2. The van der Waals surface area contributed by atoms with Crippen molar-refractivity contribution in [2.24, 2.45) is 0 Å². The van der Waals surface area contributed by atoms with Gasteiger partial charge < -0.3 is 5.32 Å². The fraction of sp³-hybridized carbons (Fsp3) is 0.150. The Labute approximate surface area is 154 Å². The topological polar surface area (TPSA) is 64.0 Å². The third-order valence-electron chi connectivity index (χ3n) is 3.89. The van der Waals surface area contributed by atoms with Gasteiger partial charge in [-0.05, 0) is 55.0 Å². The second-order valence-corrected chi connectivity index (χ2v) is 5.95. The van der Waals surface area contributed by atoms with E-state index in [1.165, 1.54) is 41.1 Å². The van der Waals surface area contributed by atoms with Crippen molar-refractivity contribution in [2.75, 3.05) is 5.32 Å². The van der Waals surface area contributed by atoms with E-state index in [0.29, 0.717) is 23.4 Å². The van der Waals surface area contributed by atoms with Crippen LogP contribution in [0.25, 0.3) is 11.3 Å². The number of amides is 1. The predicted octanol–water partition coefficient (Wildman–Crippen LogP) is 3.61. The Morgan fingerprint density at radius 1 is 1.00 bits per heavy atom. The average molecular weight is 369 g/mol. The summed E-state index contributed by atoms with van der Waals surface area (Å²) in [6, 6.07) is 14.4. The lowest BCUT2D eigenvalue weighted by molar-refractivity contribution is -0.116. The van der Waals surface area contributed by atoms with E-state index in [4.69, 9.17) is 0 Å². The molecule has 7 heteroatoms. The number of nitrogens with zero attached hydrogens (tertiary/aromatic N) is 2. The van der Waals surface area contributed by atoms with Crippen molar-refractivity contribution in [1.29, 1.82) is 0 Å². The predicted molar refractivity (Wildman–Crippen MR) is 98.2 cm³/mol. The van der Waals surface area contributed by atoms with Crippen LogP contribution in [0.15, 0.2) is 65.5 Å². The van der Waals surface area contributed by atoms with Gasteiger partial charge in [0.2, 0.25) is 5.91 Å². The molecule has 0 fully saturated rings. The minimum atomic E-state index is -0.429. The van der Waals surface area contributed by atoms with Crippen molar-refractivity contribution in [2.45, 2.75) is 19.4 Å². The third-order valence-corrected chi connectivity index (χ3v) is 3.89. The maximum absolute atomic E-state index is 13.1. The number of halogens is 2. The van der Waals surface area contributed by atoms with Gasteiger partial charge in [-0.1, -0.05) is 6.07 Å². The summed E-state index contributed by atoms with van der Waals surface area (Å²) < 4.78 is 27.4. The number of aryl methyl sites for hydroxylation is 1. The number of aromatic nitrogens is 2. The van der Waals surface area contributed by atoms with Crippen molar-refractivity contribution in [3.8, 4) is 11.3 Å². The summed E-state index contributed by atoms with van der Waals surface area (Å²) in [4.78, 5) is 23.9. The number of benzene rings is 2. The van der Waals surface area contributed by atoms with Gasteiger partial charge in [-0.25, -0.2) is 13.5 Å². The molecule has 0 unspecified atom stereocenters. The Balaban J connectivity index is 1.60. The summed E-state index contributed by atoms with van der Waals surface area (Å²) in [5, 5.41) is 6.87. The number of carbonyl (C=O) groups is 1. The van der Waals surface area contributed by atoms with Crippen LogP contribution in [0.5, 0.6) is 0 Å². The van der Waals surface area contributed by atoms with Crippen molar-refractivity contribution < 1.29 is 13.6 Å². The molecule has 3 rings (SSSR count). The fourth-order valence-corrected chi connectivity index (χ4v) is 2.56. The number of anilines is 1. The number of hydrogen-bond acceptors (Lipinski definition) is 3. The van der Waals surface area contributed by atoms with Gasteiger partial charge in [0.25, 0.3) is 5.56 Å². The molecule has 0 spiro atoms. The average Bonchev–Trinajstić information content (AvgIpc) is 2.64. The Bertz CT molecular complexity index is 1000. The molecule has 2 aromatic carbocycles. The molecule has 5 nitrogen and oxygen atoms in total. The standard InChI is InChI=1S/C20H17F2N3O2/c21-15-8-6-14(7-9-15)18-10-11-20(27)25(24-18)12-2-5-19(26)23-17-4-1-3-16(22)13-17/h1,3-4,6-11,13H,2,5,12H2,(H,23,26). The number of carbonyl (C=O) groups excluding carboxylic acids is 1. The van der Waals surface area contributed by atoms with E-state index in [0.717, 1.165) is 0 Å². The second-order valence-electron chi connectivity index (χ2n) is 5.95. The van der Waals surface area contributed by atoms with Gasteiger partial charge in [-0.2, -0.15) is 5.10 Å². The maximum atomic E-state index is 13.1. The zero-order chi connectivity index (χ0) is 19.2. The molecule has 0 aliphatic carbocycles. The van der Waals surface area contributed by atoms with E-state index in [-0.39, 0.29) is 30.2 Å². The first-order valence-corrected chi connectivity index (χ1v) is 8.41. The second kappa shape index (κ2) is 8.35. The van der Waals surface area contributed by atoms with Crippen molar-refractivity contribution in [3.63, 3.8) is 0 Å². The third kappa shape index (κ3) is 5.07. The van der Waals surface area contributed by atoms with Crippen molar-refractivity contribution in [1.82, 2.24) is 9.78 Å². The largest absolute Gasteiger partial charge is 0.326 e. The molecule has 0 saturated carbocycles. The quantitative estimate of drug-likeness (QED) is 0.722. The van der Waals surface area contributed by atoms with Crippen LogP contribution in [0.1, 0.15) is 12.8 Å². The molecule has 138 valence electrons. The lowest BCUT2D eigenvalue weighted by atomic mass is 10.1. The highest BCUT2D eigenvalue weighted by molar-refractivity contribution is 5.90. The van der Waals surface area contributed by atoms with Crippen LogP contribution >= 0.6 is 0 Å². The molecule has 1 N–H and O–H groups in total. The minimum absolute atomic E-state index is 0.158. The van der Waals surface area contributed by atoms with E-state index in [9.17, 15) is 18.4 Å². The number of nitrogens with one attached hydrogen (secondary N) is 1. The molecular weight excluding hydrogens is 352 g/mol. The Morgan fingerprint density at radius 2 is 1.78 bits per heavy atom. The first-order valence-electron chi connectivity index (χ1n) is 8.41. The Hall–Kier alpha value is -3.35. The maximum Gasteiger partial charge on any atom is 0.266 e. The summed E-state index contributed by atoms with van der Waals surface area (Å²) in [6.45, 7) is 0.254. The summed E-state index contributed by atoms with van der Waals surface area (Å²) in [5.74, 6) is -1.05. The molecule has 0 saturated heterocycles. The zero-order valence-corrected chi connectivity index (χ0v) is 14.4. The molecule has 0 atom stereocenters. The highest BCUT2D eigenvalue weighted by Crippen LogP contribution is 2.15. The Kier molecular flexibility index (Phi) is 5.71. The van der Waals surface area contributed by atoms with Gasteiger partial charge in [0, 0.05) is 30.3 Å². The van der Waals surface area contributed by atoms with Crippen LogP contribution in [0, 0.1) is 11.6 Å². The highest BCUT2D eigenvalue weighted by Gasteiger charge is 2.07. The van der Waals surface area contributed by atoms with Crippen LogP contribution < -0.4 is 10.9 Å². The first-order chi connectivity index (χ1) is 13.0. The van der Waals surface area contributed by atoms with Crippen LogP contribution in [-0.2, 0) is 11.3 Å². The molecule has 0 aliphatic rings. The van der Waals surface area contributed by atoms with Gasteiger partial charge >= 0.3 is 0 Å². The molecule has 0 bridgehead atoms. The van der Waals surface area contributed by atoms with Crippen molar-refractivity contribution in [3.05, 3.63) is 82.7 Å². The van der Waals surface area contributed by atoms with Gasteiger partial charge in [-0.15, -0.1) is 0 Å². The number of rotatable bonds is 6. The summed E-state index contributed by atoms with van der Waals surface area (Å²) >= 11 is 0. The van der Waals surface area contributed by atoms with E-state index in [1.807, 2.05) is 0 Å². The van der Waals surface area contributed by atoms with Gasteiger partial charge in [0.05, 0.1) is 5.69 Å². The van der Waals surface area contributed by atoms with Gasteiger partial charge in [0.1, 0.15) is 11.6 Å². The molecule has 0 radical (unpaired) electrons. The number of hydrogen-bond donors (Lipinski definition) is 1. The zero-order valence-electron chi connectivity index (χ0n) is 14.4. The molecule has 3 aromatic rings. The van der Waals surface area contributed by atoms with Crippen LogP contribution in [-0.4, -0.2) is 15.7 Å². The molecule has 1 heterocycles. The fourth-order valence-electron chi connectivity index (χ4n) is 2.56. The summed E-state index contributed by atoms with van der Waals surface area (Å²) in [7, 11) is 0. The normalized spacial score (nSPS) is 10.6. The van der Waals surface area contributed by atoms with E-state index in [2.05, 4.69) is 10.4 Å². The highest BCUT2D eigenvalue weighted by atomic mass is 19.1. The van der Waals surface area contributed by atoms with Gasteiger partial charge in [0.15, 0.2) is 0 Å².